The van der Waals surface area contributed by atoms with E-state index < -0.39 is 41.1 Å². The lowest BCUT2D eigenvalue weighted by molar-refractivity contribution is 0.102. The molecule has 216 valence electrons. The molecule has 2 heterocycles. The van der Waals surface area contributed by atoms with Crippen molar-refractivity contribution in [2.45, 2.75) is 13.0 Å². The molecule has 4 aromatic rings. The molecule has 3 aromatic carbocycles. The minimum Gasteiger partial charge on any atom is -0.353 e. The van der Waals surface area contributed by atoms with Crippen LogP contribution in [-0.4, -0.2) is 54.0 Å². The maximum Gasteiger partial charge on any atom is 0.328 e. The van der Waals surface area contributed by atoms with Crippen LogP contribution in [-0.2, 0) is 0 Å². The SMILES string of the molecule is Cc1ccc(C(=O)Nc2ccccc2F)cc1C1NC(=O)N(c2c(F)cccc2F)c2nc(NCCN(C)C)ncc21. The second-order valence-corrected chi connectivity index (χ2v) is 10.00. The Kier molecular flexibility index (Phi) is 8.07. The van der Waals surface area contributed by atoms with Crippen molar-refractivity contribution in [3.63, 3.8) is 0 Å². The van der Waals surface area contributed by atoms with E-state index >= 15 is 0 Å². The molecule has 3 amide bonds. The van der Waals surface area contributed by atoms with Crippen LogP contribution in [0.1, 0.15) is 33.1 Å². The number of nitrogens with zero attached hydrogens (tertiary/aromatic N) is 4. The quantitative estimate of drug-likeness (QED) is 0.261. The Morgan fingerprint density at radius 1 is 1.00 bits per heavy atom. The van der Waals surface area contributed by atoms with Crippen molar-refractivity contribution in [1.29, 1.82) is 0 Å². The fraction of sp³-hybridized carbons (Fsp3) is 0.200. The number of aromatic nitrogens is 2. The highest BCUT2D eigenvalue weighted by molar-refractivity contribution is 6.05. The maximum absolute atomic E-state index is 14.9. The summed E-state index contributed by atoms with van der Waals surface area (Å²) in [4.78, 5) is 38.3. The van der Waals surface area contributed by atoms with Crippen molar-refractivity contribution >= 4 is 35.1 Å². The number of rotatable bonds is 8. The number of anilines is 4. The normalized spacial score (nSPS) is 14.4. The number of benzene rings is 3. The van der Waals surface area contributed by atoms with Gasteiger partial charge in [0.15, 0.2) is 5.82 Å². The second kappa shape index (κ2) is 11.9. The zero-order valence-corrected chi connectivity index (χ0v) is 23.1. The van der Waals surface area contributed by atoms with E-state index in [2.05, 4.69) is 25.9 Å². The van der Waals surface area contributed by atoms with Gasteiger partial charge in [-0.2, -0.15) is 4.98 Å². The van der Waals surface area contributed by atoms with Crippen molar-refractivity contribution < 1.29 is 22.8 Å². The van der Waals surface area contributed by atoms with Gasteiger partial charge in [0.25, 0.3) is 5.91 Å². The summed E-state index contributed by atoms with van der Waals surface area (Å²) in [6.07, 6.45) is 1.47. The van der Waals surface area contributed by atoms with Gasteiger partial charge in [0.1, 0.15) is 23.1 Å². The van der Waals surface area contributed by atoms with E-state index in [4.69, 9.17) is 0 Å². The lowest BCUT2D eigenvalue weighted by Gasteiger charge is -2.35. The molecule has 0 aliphatic carbocycles. The molecule has 1 aromatic heterocycles. The minimum absolute atomic E-state index is 0.0179. The molecule has 0 fully saturated rings. The van der Waals surface area contributed by atoms with Crippen LogP contribution in [0.5, 0.6) is 0 Å². The predicted molar refractivity (Wildman–Crippen MR) is 153 cm³/mol. The van der Waals surface area contributed by atoms with Crippen molar-refractivity contribution in [2.75, 3.05) is 42.7 Å². The van der Waals surface area contributed by atoms with Gasteiger partial charge < -0.3 is 20.9 Å². The van der Waals surface area contributed by atoms with Gasteiger partial charge in [-0.1, -0.05) is 24.3 Å². The lowest BCUT2D eigenvalue weighted by Crippen LogP contribution is -2.46. The largest absolute Gasteiger partial charge is 0.353 e. The van der Waals surface area contributed by atoms with Crippen LogP contribution in [0.25, 0.3) is 0 Å². The Labute approximate surface area is 240 Å². The Morgan fingerprint density at radius 2 is 1.71 bits per heavy atom. The van der Waals surface area contributed by atoms with Crippen molar-refractivity contribution in [2.24, 2.45) is 0 Å². The predicted octanol–water partition coefficient (Wildman–Crippen LogP) is 5.38. The van der Waals surface area contributed by atoms with Crippen molar-refractivity contribution in [3.8, 4) is 0 Å². The molecule has 0 bridgehead atoms. The zero-order chi connectivity index (χ0) is 30.0. The molecule has 0 saturated carbocycles. The van der Waals surface area contributed by atoms with E-state index in [1.54, 1.807) is 31.2 Å². The Balaban J connectivity index is 1.57. The average molecular weight is 576 g/mol. The van der Waals surface area contributed by atoms with Gasteiger partial charge >= 0.3 is 6.03 Å². The van der Waals surface area contributed by atoms with Crippen LogP contribution in [0.3, 0.4) is 0 Å². The van der Waals surface area contributed by atoms with Crippen LogP contribution in [0.4, 0.5) is 41.1 Å². The number of hydrogen-bond donors (Lipinski definition) is 3. The Hall–Kier alpha value is -4.97. The fourth-order valence-corrected chi connectivity index (χ4v) is 4.61. The number of carbonyl (C=O) groups excluding carboxylic acids is 2. The number of urea groups is 1. The van der Waals surface area contributed by atoms with E-state index in [1.165, 1.54) is 30.5 Å². The summed E-state index contributed by atoms with van der Waals surface area (Å²) >= 11 is 0. The molecular formula is C30H28F3N7O2. The highest BCUT2D eigenvalue weighted by Gasteiger charge is 2.38. The number of aryl methyl sites for hydroxylation is 1. The number of carbonyl (C=O) groups is 2. The number of para-hydroxylation sites is 2. The van der Waals surface area contributed by atoms with Crippen LogP contribution < -0.4 is 20.9 Å². The smallest absolute Gasteiger partial charge is 0.328 e. The molecule has 12 heteroatoms. The Morgan fingerprint density at radius 3 is 2.43 bits per heavy atom. The van der Waals surface area contributed by atoms with Crippen LogP contribution in [0.15, 0.2) is 66.9 Å². The Bertz CT molecular complexity index is 1640. The number of nitrogens with one attached hydrogen (secondary N) is 3. The summed E-state index contributed by atoms with van der Waals surface area (Å²) < 4.78 is 44.0. The molecule has 9 nitrogen and oxygen atoms in total. The summed E-state index contributed by atoms with van der Waals surface area (Å²) in [5, 5.41) is 8.41. The standard InChI is InChI=1S/C30H28F3N7O2/c1-17-11-12-18(28(41)36-24-10-5-4-7-21(24)31)15-19(17)25-20-16-35-29(34-13-14-39(2)3)38-27(20)40(30(42)37-25)26-22(32)8-6-9-23(26)33/h4-12,15-16,25H,13-14H2,1-3H3,(H,36,41)(H,37,42)(H,34,35,38). The van der Waals surface area contributed by atoms with E-state index in [-0.39, 0.29) is 23.0 Å². The molecule has 42 heavy (non-hydrogen) atoms. The summed E-state index contributed by atoms with van der Waals surface area (Å²) in [5.74, 6) is -2.89. The van der Waals surface area contributed by atoms with Gasteiger partial charge in [0.2, 0.25) is 5.95 Å². The first kappa shape index (κ1) is 28.6. The molecule has 1 unspecified atom stereocenters. The van der Waals surface area contributed by atoms with Crippen LogP contribution >= 0.6 is 0 Å². The fourth-order valence-electron chi connectivity index (χ4n) is 4.61. The molecule has 1 aliphatic rings. The molecule has 0 saturated heterocycles. The summed E-state index contributed by atoms with van der Waals surface area (Å²) in [5.41, 5.74) is 1.24. The molecule has 0 spiro atoms. The average Bonchev–Trinajstić information content (AvgIpc) is 2.95. The molecular weight excluding hydrogens is 547 g/mol. The number of hydrogen-bond acceptors (Lipinski definition) is 6. The van der Waals surface area contributed by atoms with E-state index in [0.717, 1.165) is 17.0 Å². The first-order chi connectivity index (χ1) is 20.1. The monoisotopic (exact) mass is 575 g/mol. The number of halogens is 3. The third-order valence-electron chi connectivity index (χ3n) is 6.77. The maximum atomic E-state index is 14.9. The summed E-state index contributed by atoms with van der Waals surface area (Å²) in [6.45, 7) is 2.94. The number of fused-ring (bicyclic) bond motifs is 1. The summed E-state index contributed by atoms with van der Waals surface area (Å²) in [7, 11) is 3.81. The van der Waals surface area contributed by atoms with Crippen molar-refractivity contribution in [1.82, 2.24) is 20.2 Å². The molecule has 5 rings (SSSR count). The van der Waals surface area contributed by atoms with E-state index in [9.17, 15) is 22.8 Å². The third-order valence-corrected chi connectivity index (χ3v) is 6.77. The topological polar surface area (TPSA) is 102 Å². The van der Waals surface area contributed by atoms with Gasteiger partial charge in [0.05, 0.1) is 11.7 Å². The highest BCUT2D eigenvalue weighted by atomic mass is 19.1. The summed E-state index contributed by atoms with van der Waals surface area (Å²) in [6, 6.07) is 12.3. The van der Waals surface area contributed by atoms with E-state index in [0.29, 0.717) is 29.8 Å². The molecule has 1 aliphatic heterocycles. The highest BCUT2D eigenvalue weighted by Crippen LogP contribution is 2.40. The van der Waals surface area contributed by atoms with Gasteiger partial charge in [-0.05, 0) is 68.5 Å². The number of amides is 3. The van der Waals surface area contributed by atoms with Gasteiger partial charge in [0, 0.05) is 30.4 Å². The first-order valence-corrected chi connectivity index (χ1v) is 13.1. The number of likely N-dealkylation sites (N-methyl/N-ethyl adjacent to an activating group) is 1. The van der Waals surface area contributed by atoms with Gasteiger partial charge in [-0.15, -0.1) is 0 Å². The van der Waals surface area contributed by atoms with Crippen LogP contribution in [0, 0.1) is 24.4 Å². The van der Waals surface area contributed by atoms with Gasteiger partial charge in [-0.3, -0.25) is 4.79 Å². The second-order valence-electron chi connectivity index (χ2n) is 10.00. The molecule has 0 radical (unpaired) electrons. The zero-order valence-electron chi connectivity index (χ0n) is 23.1. The van der Waals surface area contributed by atoms with Gasteiger partial charge in [-0.25, -0.2) is 27.8 Å². The molecule has 3 N–H and O–H groups in total. The third kappa shape index (κ3) is 5.75. The van der Waals surface area contributed by atoms with Crippen LogP contribution in [0.2, 0.25) is 0 Å². The van der Waals surface area contributed by atoms with Crippen molar-refractivity contribution in [3.05, 3.63) is 107 Å². The van der Waals surface area contributed by atoms with E-state index in [1.807, 2.05) is 19.0 Å². The minimum atomic E-state index is -0.946. The first-order valence-electron chi connectivity index (χ1n) is 13.1. The lowest BCUT2D eigenvalue weighted by atomic mass is 9.92. The molecule has 1 atom stereocenters.